The molecule has 2 aromatic rings. The lowest BCUT2D eigenvalue weighted by molar-refractivity contribution is -0.298. The molecule has 22 heavy (non-hydrogen) atoms. The van der Waals surface area contributed by atoms with Crippen LogP contribution in [0.5, 0.6) is 5.75 Å². The number of rotatable bonds is 6. The molecule has 0 atom stereocenters. The number of carboxylic acids is 1. The Hall–Kier alpha value is -1.80. The molecular weight excluding hydrogens is 372 g/mol. The Morgan fingerprint density at radius 2 is 2.27 bits per heavy atom. The average molecular weight is 384 g/mol. The third-order valence-electron chi connectivity index (χ3n) is 2.46. The first-order valence-electron chi connectivity index (χ1n) is 6.33. The molecule has 2 rings (SSSR count). The lowest BCUT2D eigenvalue weighted by Gasteiger charge is -2.08. The molecular formula is C14H12BrN2O4S-. The van der Waals surface area contributed by atoms with E-state index in [9.17, 15) is 9.90 Å². The Morgan fingerprint density at radius 1 is 1.50 bits per heavy atom. The predicted molar refractivity (Wildman–Crippen MR) is 83.2 cm³/mol. The molecule has 0 radical (unpaired) electrons. The first-order chi connectivity index (χ1) is 10.5. The molecule has 1 aromatic heterocycles. The van der Waals surface area contributed by atoms with Crippen molar-refractivity contribution in [1.82, 2.24) is 10.2 Å². The van der Waals surface area contributed by atoms with Crippen LogP contribution in [0.1, 0.15) is 18.4 Å². The maximum atomic E-state index is 11.2. The van der Waals surface area contributed by atoms with Crippen molar-refractivity contribution in [2.75, 3.05) is 6.61 Å². The normalized spacial score (nSPS) is 11.5. The molecule has 6 nitrogen and oxygen atoms in total. The van der Waals surface area contributed by atoms with E-state index in [0.717, 1.165) is 16.2 Å². The number of carboxylic acid groups (broad SMARTS) is 1. The maximum Gasteiger partial charge on any atom is 0.281 e. The van der Waals surface area contributed by atoms with Gasteiger partial charge in [-0.05, 0) is 58.4 Å². The van der Waals surface area contributed by atoms with Crippen molar-refractivity contribution < 1.29 is 19.1 Å². The molecule has 0 spiro atoms. The number of aliphatic carboxylic acids is 1. The van der Waals surface area contributed by atoms with E-state index in [1.54, 1.807) is 25.1 Å². The molecule has 0 N–H and O–H groups in total. The van der Waals surface area contributed by atoms with Crippen LogP contribution >= 0.6 is 27.7 Å². The molecule has 8 heteroatoms. The van der Waals surface area contributed by atoms with Crippen molar-refractivity contribution in [3.8, 4) is 5.75 Å². The summed E-state index contributed by atoms with van der Waals surface area (Å²) in [5.41, 5.74) is 0.679. The van der Waals surface area contributed by atoms with Crippen LogP contribution in [0.25, 0.3) is 6.08 Å². The van der Waals surface area contributed by atoms with Gasteiger partial charge in [0.1, 0.15) is 5.75 Å². The standard InChI is InChI=1S/C14H13BrN2O4S/c1-3-20-11-5-4-9(6-10(11)15)7-12(13(18)19)22-14-17-16-8(2)21-14/h4-7H,3H2,1-2H3,(H,18,19)/p-1/b12-7-. The zero-order valence-electron chi connectivity index (χ0n) is 11.8. The highest BCUT2D eigenvalue weighted by Crippen LogP contribution is 2.30. The summed E-state index contributed by atoms with van der Waals surface area (Å²) in [4.78, 5) is 11.2. The zero-order valence-corrected chi connectivity index (χ0v) is 14.2. The molecule has 0 aliphatic carbocycles. The van der Waals surface area contributed by atoms with E-state index in [0.29, 0.717) is 23.8 Å². The second-order valence-corrected chi connectivity index (χ2v) is 5.96. The lowest BCUT2D eigenvalue weighted by atomic mass is 10.2. The highest BCUT2D eigenvalue weighted by molar-refractivity contribution is 9.10. The van der Waals surface area contributed by atoms with Crippen molar-refractivity contribution in [2.45, 2.75) is 19.1 Å². The van der Waals surface area contributed by atoms with Gasteiger partial charge in [-0.25, -0.2) is 0 Å². The number of nitrogens with zero attached hydrogens (tertiary/aromatic N) is 2. The molecule has 1 aromatic carbocycles. The first-order valence-corrected chi connectivity index (χ1v) is 7.94. The van der Waals surface area contributed by atoms with Crippen LogP contribution in [-0.4, -0.2) is 22.8 Å². The number of ether oxygens (including phenoxy) is 1. The van der Waals surface area contributed by atoms with Crippen LogP contribution < -0.4 is 9.84 Å². The van der Waals surface area contributed by atoms with Crippen LogP contribution in [0.4, 0.5) is 0 Å². The average Bonchev–Trinajstić information content (AvgIpc) is 2.86. The monoisotopic (exact) mass is 383 g/mol. The van der Waals surface area contributed by atoms with Crippen molar-refractivity contribution in [2.24, 2.45) is 0 Å². The van der Waals surface area contributed by atoms with Crippen molar-refractivity contribution in [3.05, 3.63) is 39.0 Å². The number of halogens is 1. The van der Waals surface area contributed by atoms with Crippen LogP contribution in [0.15, 0.2) is 37.2 Å². The van der Waals surface area contributed by atoms with Gasteiger partial charge in [0.05, 0.1) is 17.0 Å². The van der Waals surface area contributed by atoms with Gasteiger partial charge < -0.3 is 19.1 Å². The van der Waals surface area contributed by atoms with E-state index in [-0.39, 0.29) is 10.1 Å². The highest BCUT2D eigenvalue weighted by atomic mass is 79.9. The number of aromatic nitrogens is 2. The van der Waals surface area contributed by atoms with Crippen LogP contribution in [0, 0.1) is 6.92 Å². The second kappa shape index (κ2) is 7.46. The smallest absolute Gasteiger partial charge is 0.281 e. The van der Waals surface area contributed by atoms with E-state index in [4.69, 9.17) is 9.15 Å². The molecule has 0 saturated heterocycles. The Kier molecular flexibility index (Phi) is 5.62. The van der Waals surface area contributed by atoms with Gasteiger partial charge in [-0.15, -0.1) is 10.2 Å². The quantitative estimate of drug-likeness (QED) is 0.558. The predicted octanol–water partition coefficient (Wildman–Crippen LogP) is 2.42. The summed E-state index contributed by atoms with van der Waals surface area (Å²) < 4.78 is 11.3. The molecule has 1 heterocycles. The zero-order chi connectivity index (χ0) is 16.1. The van der Waals surface area contributed by atoms with Crippen LogP contribution in [0.2, 0.25) is 0 Å². The van der Waals surface area contributed by atoms with E-state index in [2.05, 4.69) is 26.1 Å². The molecule has 116 valence electrons. The fourth-order valence-electron chi connectivity index (χ4n) is 1.57. The van der Waals surface area contributed by atoms with E-state index >= 15 is 0 Å². The molecule has 0 aliphatic heterocycles. The summed E-state index contributed by atoms with van der Waals surface area (Å²) in [7, 11) is 0. The van der Waals surface area contributed by atoms with Gasteiger partial charge in [-0.2, -0.15) is 0 Å². The summed E-state index contributed by atoms with van der Waals surface area (Å²) in [6.07, 6.45) is 1.47. The summed E-state index contributed by atoms with van der Waals surface area (Å²) >= 11 is 4.23. The third kappa shape index (κ3) is 4.35. The van der Waals surface area contributed by atoms with Crippen molar-refractivity contribution in [3.63, 3.8) is 0 Å². The lowest BCUT2D eigenvalue weighted by Crippen LogP contribution is -2.23. The molecule has 0 fully saturated rings. The first kappa shape index (κ1) is 16.6. The van der Waals surface area contributed by atoms with Gasteiger partial charge in [0.15, 0.2) is 0 Å². The van der Waals surface area contributed by atoms with Crippen LogP contribution in [-0.2, 0) is 4.79 Å². The van der Waals surface area contributed by atoms with Gasteiger partial charge in [-0.3, -0.25) is 0 Å². The third-order valence-corrected chi connectivity index (χ3v) is 3.92. The molecule has 0 unspecified atom stereocenters. The molecule has 0 saturated carbocycles. The minimum atomic E-state index is -1.31. The van der Waals surface area contributed by atoms with E-state index < -0.39 is 5.97 Å². The van der Waals surface area contributed by atoms with Gasteiger partial charge in [-0.1, -0.05) is 6.07 Å². The summed E-state index contributed by atoms with van der Waals surface area (Å²) in [5, 5.41) is 18.8. The number of hydrogen-bond acceptors (Lipinski definition) is 7. The Balaban J connectivity index is 2.26. The second-order valence-electron chi connectivity index (χ2n) is 4.11. The minimum absolute atomic E-state index is 0.0280. The number of benzene rings is 1. The van der Waals surface area contributed by atoms with Gasteiger partial charge in [0, 0.05) is 11.8 Å². The fourth-order valence-corrected chi connectivity index (χ4v) is 2.80. The Labute approximate surface area is 139 Å². The number of carbonyl (C=O) groups is 1. The SMILES string of the molecule is CCOc1ccc(/C=C(\Sc2nnc(C)o2)C(=O)[O-])cc1Br. The fraction of sp³-hybridized carbons (Fsp3) is 0.214. The minimum Gasteiger partial charge on any atom is -0.544 e. The highest BCUT2D eigenvalue weighted by Gasteiger charge is 2.09. The Bertz CT molecular complexity index is 715. The van der Waals surface area contributed by atoms with Gasteiger partial charge >= 0.3 is 0 Å². The summed E-state index contributed by atoms with van der Waals surface area (Å²) in [6.45, 7) is 4.06. The largest absolute Gasteiger partial charge is 0.544 e. The number of thioether (sulfide) groups is 1. The topological polar surface area (TPSA) is 88.3 Å². The van der Waals surface area contributed by atoms with E-state index in [1.807, 2.05) is 6.92 Å². The van der Waals surface area contributed by atoms with Crippen molar-refractivity contribution >= 4 is 39.7 Å². The summed E-state index contributed by atoms with van der Waals surface area (Å²) in [6, 6.07) is 5.26. The number of aryl methyl sites for hydroxylation is 1. The Morgan fingerprint density at radius 3 is 2.82 bits per heavy atom. The molecule has 0 aliphatic rings. The van der Waals surface area contributed by atoms with Gasteiger partial charge in [0.25, 0.3) is 5.22 Å². The van der Waals surface area contributed by atoms with Crippen LogP contribution in [0.3, 0.4) is 0 Å². The van der Waals surface area contributed by atoms with E-state index in [1.165, 1.54) is 6.08 Å². The number of hydrogen-bond donors (Lipinski definition) is 0. The summed E-state index contributed by atoms with van der Waals surface area (Å²) in [5.74, 6) is -0.260. The molecule has 0 amide bonds. The number of carbonyl (C=O) groups excluding carboxylic acids is 1. The van der Waals surface area contributed by atoms with Gasteiger partial charge in [0.2, 0.25) is 5.89 Å². The van der Waals surface area contributed by atoms with Crippen molar-refractivity contribution in [1.29, 1.82) is 0 Å². The maximum absolute atomic E-state index is 11.2. The molecule has 0 bridgehead atoms.